The number of nitriles is 1. The van der Waals surface area contributed by atoms with Crippen LogP contribution in [0.15, 0.2) is 71.9 Å². The number of anilines is 1. The van der Waals surface area contributed by atoms with Crippen LogP contribution < -0.4 is 4.72 Å². The second kappa shape index (κ2) is 7.61. The first-order valence-corrected chi connectivity index (χ1v) is 10.1. The van der Waals surface area contributed by atoms with Gasteiger partial charge in [0.2, 0.25) is 0 Å². The minimum atomic E-state index is 0.133. The van der Waals surface area contributed by atoms with Crippen molar-refractivity contribution in [3.05, 3.63) is 78.1 Å². The lowest BCUT2D eigenvalue weighted by molar-refractivity contribution is 0.590. The fourth-order valence-electron chi connectivity index (χ4n) is 3.04. The van der Waals surface area contributed by atoms with E-state index in [1.165, 1.54) is 17.5 Å². The molecule has 0 bridgehead atoms. The van der Waals surface area contributed by atoms with Crippen LogP contribution in [-0.2, 0) is 5.41 Å². The van der Waals surface area contributed by atoms with Gasteiger partial charge in [-0.2, -0.15) is 10.4 Å². The van der Waals surface area contributed by atoms with E-state index in [2.05, 4.69) is 60.8 Å². The molecule has 0 radical (unpaired) electrons. The number of rotatable bonds is 4. The van der Waals surface area contributed by atoms with Gasteiger partial charge in [0.25, 0.3) is 0 Å². The monoisotopic (exact) mass is 399 g/mol. The predicted octanol–water partition coefficient (Wildman–Crippen LogP) is 5.68. The molecule has 0 saturated carbocycles. The van der Waals surface area contributed by atoms with Gasteiger partial charge in [0.15, 0.2) is 0 Å². The Morgan fingerprint density at radius 3 is 2.52 bits per heavy atom. The summed E-state index contributed by atoms with van der Waals surface area (Å²) in [4.78, 5) is 5.27. The van der Waals surface area contributed by atoms with Gasteiger partial charge in [-0.3, -0.25) is 4.98 Å². The lowest BCUT2D eigenvalue weighted by Gasteiger charge is -2.19. The Kier molecular flexibility index (Phi) is 4.99. The van der Waals surface area contributed by atoms with Gasteiger partial charge in [-0.1, -0.05) is 32.9 Å². The van der Waals surface area contributed by atoms with E-state index in [-0.39, 0.29) is 5.41 Å². The van der Waals surface area contributed by atoms with E-state index in [1.54, 1.807) is 16.9 Å². The summed E-state index contributed by atoms with van der Waals surface area (Å²) in [5, 5.41) is 14.2. The minimum Gasteiger partial charge on any atom is -0.310 e. The third-order valence-electron chi connectivity index (χ3n) is 4.69. The molecule has 0 atom stereocenters. The Hall–Kier alpha value is -3.30. The second-order valence-electron chi connectivity index (χ2n) is 7.79. The lowest BCUT2D eigenvalue weighted by atomic mass is 9.87. The standard InChI is InChI=1S/C23H21N5S/c1-23(2,3)18-7-9-19(10-8-18)29-27-22-11-6-16(14-24)21-13-20(26-28(21)22)17-5-4-12-25-15-17/h4-13,15,27H,1-3H3. The lowest BCUT2D eigenvalue weighted by Crippen LogP contribution is -2.10. The molecule has 29 heavy (non-hydrogen) atoms. The molecule has 3 heterocycles. The Morgan fingerprint density at radius 1 is 1.07 bits per heavy atom. The van der Waals surface area contributed by atoms with Crippen LogP contribution in [-0.4, -0.2) is 14.6 Å². The van der Waals surface area contributed by atoms with Crippen LogP contribution in [0.3, 0.4) is 0 Å². The third-order valence-corrected chi connectivity index (χ3v) is 5.51. The molecule has 0 aliphatic carbocycles. The average Bonchev–Trinajstić information content (AvgIpc) is 3.18. The molecule has 0 amide bonds. The maximum atomic E-state index is 9.48. The number of hydrogen-bond acceptors (Lipinski definition) is 5. The first kappa shape index (κ1) is 19.0. The largest absolute Gasteiger partial charge is 0.310 e. The smallest absolute Gasteiger partial charge is 0.138 e. The molecule has 0 aliphatic heterocycles. The van der Waals surface area contributed by atoms with Gasteiger partial charge in [0.1, 0.15) is 11.9 Å². The molecule has 0 fully saturated rings. The Labute approximate surface area is 174 Å². The molecule has 1 N–H and O–H groups in total. The summed E-state index contributed by atoms with van der Waals surface area (Å²) in [5.41, 5.74) is 4.47. The number of hydrogen-bond donors (Lipinski definition) is 1. The summed E-state index contributed by atoms with van der Waals surface area (Å²) in [6, 6.07) is 20.2. The van der Waals surface area contributed by atoms with Crippen molar-refractivity contribution in [1.82, 2.24) is 14.6 Å². The zero-order chi connectivity index (χ0) is 20.4. The maximum absolute atomic E-state index is 9.48. The highest BCUT2D eigenvalue weighted by atomic mass is 32.2. The second-order valence-corrected chi connectivity index (χ2v) is 8.67. The third kappa shape index (κ3) is 3.96. The molecular weight excluding hydrogens is 378 g/mol. The van der Waals surface area contributed by atoms with Crippen LogP contribution >= 0.6 is 11.9 Å². The van der Waals surface area contributed by atoms with E-state index in [1.807, 2.05) is 30.3 Å². The van der Waals surface area contributed by atoms with E-state index in [0.29, 0.717) is 5.56 Å². The van der Waals surface area contributed by atoms with E-state index in [4.69, 9.17) is 5.10 Å². The highest BCUT2D eigenvalue weighted by Crippen LogP contribution is 2.28. The van der Waals surface area contributed by atoms with Gasteiger partial charge in [-0.25, -0.2) is 4.52 Å². The Morgan fingerprint density at radius 2 is 1.86 bits per heavy atom. The fourth-order valence-corrected chi connectivity index (χ4v) is 3.69. The topological polar surface area (TPSA) is 66.0 Å². The zero-order valence-electron chi connectivity index (χ0n) is 16.5. The number of pyridine rings is 2. The molecule has 0 spiro atoms. The highest BCUT2D eigenvalue weighted by Gasteiger charge is 2.14. The molecular formula is C23H21N5S. The van der Waals surface area contributed by atoms with Gasteiger partial charge >= 0.3 is 0 Å². The molecule has 0 unspecified atom stereocenters. The van der Waals surface area contributed by atoms with Crippen molar-refractivity contribution in [2.75, 3.05) is 4.72 Å². The predicted molar refractivity (Wildman–Crippen MR) is 118 cm³/mol. The van der Waals surface area contributed by atoms with E-state index >= 15 is 0 Å². The molecule has 5 nitrogen and oxygen atoms in total. The van der Waals surface area contributed by atoms with Crippen molar-refractivity contribution < 1.29 is 0 Å². The van der Waals surface area contributed by atoms with Crippen LogP contribution in [0.4, 0.5) is 5.82 Å². The van der Waals surface area contributed by atoms with Gasteiger partial charge in [0.05, 0.1) is 16.8 Å². The number of nitrogens with zero attached hydrogens (tertiary/aromatic N) is 4. The molecule has 3 aromatic heterocycles. The van der Waals surface area contributed by atoms with E-state index in [9.17, 15) is 5.26 Å². The van der Waals surface area contributed by atoms with Crippen molar-refractivity contribution in [2.24, 2.45) is 0 Å². The van der Waals surface area contributed by atoms with Crippen LogP contribution in [0.1, 0.15) is 31.9 Å². The molecule has 144 valence electrons. The van der Waals surface area contributed by atoms with Crippen LogP contribution in [0.2, 0.25) is 0 Å². The first-order valence-electron chi connectivity index (χ1n) is 9.32. The molecule has 4 aromatic rings. The number of fused-ring (bicyclic) bond motifs is 1. The summed E-state index contributed by atoms with van der Waals surface area (Å²) in [7, 11) is 0. The Balaban J connectivity index is 1.64. The SMILES string of the molecule is CC(C)(C)c1ccc(SNc2ccc(C#N)c3cc(-c4cccnc4)nn23)cc1. The van der Waals surface area contributed by atoms with Crippen molar-refractivity contribution in [1.29, 1.82) is 5.26 Å². The molecule has 4 rings (SSSR count). The summed E-state index contributed by atoms with van der Waals surface area (Å²) in [6.07, 6.45) is 3.50. The summed E-state index contributed by atoms with van der Waals surface area (Å²) >= 11 is 1.52. The van der Waals surface area contributed by atoms with Gasteiger partial charge in [-0.15, -0.1) is 0 Å². The zero-order valence-corrected chi connectivity index (χ0v) is 17.4. The minimum absolute atomic E-state index is 0.133. The van der Waals surface area contributed by atoms with Crippen molar-refractivity contribution in [2.45, 2.75) is 31.1 Å². The van der Waals surface area contributed by atoms with E-state index < -0.39 is 0 Å². The Bertz CT molecular complexity index is 1180. The summed E-state index contributed by atoms with van der Waals surface area (Å²) in [6.45, 7) is 6.62. The molecule has 6 heteroatoms. The number of nitrogens with one attached hydrogen (secondary N) is 1. The van der Waals surface area contributed by atoms with E-state index in [0.717, 1.165) is 27.5 Å². The number of benzene rings is 1. The van der Waals surface area contributed by atoms with Crippen LogP contribution in [0.25, 0.3) is 16.8 Å². The molecule has 0 saturated heterocycles. The van der Waals surface area contributed by atoms with Gasteiger partial charge < -0.3 is 4.72 Å². The van der Waals surface area contributed by atoms with Crippen molar-refractivity contribution >= 4 is 23.3 Å². The normalized spacial score (nSPS) is 11.4. The van der Waals surface area contributed by atoms with Crippen LogP contribution in [0.5, 0.6) is 0 Å². The van der Waals surface area contributed by atoms with Crippen molar-refractivity contribution in [3.63, 3.8) is 0 Å². The van der Waals surface area contributed by atoms with Gasteiger partial charge in [0, 0.05) is 22.9 Å². The summed E-state index contributed by atoms with van der Waals surface area (Å²) < 4.78 is 5.15. The van der Waals surface area contributed by atoms with Gasteiger partial charge in [-0.05, 0) is 65.4 Å². The first-order chi connectivity index (χ1) is 14.0. The molecule has 0 aliphatic rings. The summed E-state index contributed by atoms with van der Waals surface area (Å²) in [5.74, 6) is 0.805. The van der Waals surface area contributed by atoms with Crippen molar-refractivity contribution in [3.8, 4) is 17.3 Å². The average molecular weight is 400 g/mol. The molecule has 1 aromatic carbocycles. The fraction of sp³-hybridized carbons (Fsp3) is 0.174. The highest BCUT2D eigenvalue weighted by molar-refractivity contribution is 8.00. The maximum Gasteiger partial charge on any atom is 0.138 e. The quantitative estimate of drug-likeness (QED) is 0.447. The number of aromatic nitrogens is 3. The van der Waals surface area contributed by atoms with Crippen LogP contribution in [0, 0.1) is 11.3 Å².